The molecule has 0 heterocycles. The Bertz CT molecular complexity index is 732. The SMILES string of the molecule is C=C1CCC[C@H]2[C@@](C)(CC3=C(O)C(NC)=CC(=O)C3=O)[C@H](C)CC[C@@]12C. The van der Waals surface area contributed by atoms with Crippen LogP contribution >= 0.6 is 0 Å². The highest BCUT2D eigenvalue weighted by atomic mass is 16.3. The molecule has 2 fully saturated rings. The third kappa shape index (κ3) is 2.65. The van der Waals surface area contributed by atoms with Crippen molar-refractivity contribution in [1.82, 2.24) is 5.32 Å². The van der Waals surface area contributed by atoms with Crippen LogP contribution in [0.2, 0.25) is 0 Å². The van der Waals surface area contributed by atoms with Crippen LogP contribution in [0.5, 0.6) is 0 Å². The van der Waals surface area contributed by atoms with Crippen LogP contribution < -0.4 is 5.32 Å². The molecule has 3 aliphatic carbocycles. The number of rotatable bonds is 3. The monoisotopic (exact) mass is 357 g/mol. The fraction of sp³-hybridized carbons (Fsp3) is 0.636. The van der Waals surface area contributed by atoms with Gasteiger partial charge in [-0.3, -0.25) is 9.59 Å². The number of nitrogens with one attached hydrogen (secondary N) is 1. The second kappa shape index (κ2) is 6.40. The van der Waals surface area contributed by atoms with Gasteiger partial charge in [0, 0.05) is 18.7 Å². The van der Waals surface area contributed by atoms with Crippen molar-refractivity contribution in [3.05, 3.63) is 35.3 Å². The average molecular weight is 357 g/mol. The summed E-state index contributed by atoms with van der Waals surface area (Å²) in [7, 11) is 1.65. The van der Waals surface area contributed by atoms with E-state index in [1.165, 1.54) is 11.6 Å². The molecule has 4 atom stereocenters. The minimum Gasteiger partial charge on any atom is -0.505 e. The zero-order chi connectivity index (χ0) is 19.3. The van der Waals surface area contributed by atoms with Crippen molar-refractivity contribution in [1.29, 1.82) is 0 Å². The van der Waals surface area contributed by atoms with E-state index in [1.54, 1.807) is 7.05 Å². The van der Waals surface area contributed by atoms with E-state index in [4.69, 9.17) is 0 Å². The largest absolute Gasteiger partial charge is 0.505 e. The van der Waals surface area contributed by atoms with Crippen molar-refractivity contribution >= 4 is 11.6 Å². The first-order valence-electron chi connectivity index (χ1n) is 9.74. The van der Waals surface area contributed by atoms with Gasteiger partial charge in [-0.2, -0.15) is 0 Å². The predicted octanol–water partition coefficient (Wildman–Crippen LogP) is 4.24. The van der Waals surface area contributed by atoms with Gasteiger partial charge in [0.05, 0.1) is 5.70 Å². The standard InChI is InChI=1S/C22H31NO3/c1-13-7-6-8-18-21(13,3)10-9-14(2)22(18,4)12-15-19(25)16(23-5)11-17(24)20(15)26/h11,14,18,23,25H,1,6-10,12H2,2-5H3/t14-,18-,21+,22+/m1/s1. The Balaban J connectivity index is 2.03. The third-order valence-corrected chi connectivity index (χ3v) is 7.71. The first kappa shape index (κ1) is 18.9. The molecule has 0 aromatic heterocycles. The number of likely N-dealkylation sites (N-methyl/N-ethyl adjacent to an activating group) is 1. The van der Waals surface area contributed by atoms with Crippen LogP contribution in [-0.4, -0.2) is 23.7 Å². The Kier molecular flexibility index (Phi) is 4.66. The molecule has 0 aromatic carbocycles. The highest BCUT2D eigenvalue weighted by molar-refractivity contribution is 6.48. The molecular weight excluding hydrogens is 326 g/mol. The number of ketones is 2. The van der Waals surface area contributed by atoms with Gasteiger partial charge in [0.2, 0.25) is 11.6 Å². The topological polar surface area (TPSA) is 66.4 Å². The Morgan fingerprint density at radius 2 is 2.00 bits per heavy atom. The van der Waals surface area contributed by atoms with E-state index in [9.17, 15) is 14.7 Å². The molecule has 3 aliphatic rings. The molecule has 26 heavy (non-hydrogen) atoms. The van der Waals surface area contributed by atoms with Gasteiger partial charge in [-0.05, 0) is 61.2 Å². The van der Waals surface area contributed by atoms with E-state index in [-0.39, 0.29) is 22.2 Å². The number of hydrogen-bond acceptors (Lipinski definition) is 4. The minimum absolute atomic E-state index is 0.0626. The van der Waals surface area contributed by atoms with Gasteiger partial charge < -0.3 is 10.4 Å². The summed E-state index contributed by atoms with van der Waals surface area (Å²) in [6, 6.07) is 0. The van der Waals surface area contributed by atoms with Gasteiger partial charge >= 0.3 is 0 Å². The van der Waals surface area contributed by atoms with Crippen molar-refractivity contribution < 1.29 is 14.7 Å². The van der Waals surface area contributed by atoms with Gasteiger partial charge in [-0.1, -0.05) is 32.9 Å². The van der Waals surface area contributed by atoms with Crippen molar-refractivity contribution in [2.75, 3.05) is 7.05 Å². The van der Waals surface area contributed by atoms with E-state index < -0.39 is 11.6 Å². The zero-order valence-electron chi connectivity index (χ0n) is 16.4. The third-order valence-electron chi connectivity index (χ3n) is 7.71. The summed E-state index contributed by atoms with van der Waals surface area (Å²) >= 11 is 0. The molecule has 0 radical (unpaired) electrons. The summed E-state index contributed by atoms with van der Waals surface area (Å²) in [5.74, 6) is -0.347. The lowest BCUT2D eigenvalue weighted by atomic mass is 9.46. The maximum Gasteiger partial charge on any atom is 0.232 e. The summed E-state index contributed by atoms with van der Waals surface area (Å²) in [4.78, 5) is 24.7. The molecule has 0 aliphatic heterocycles. The Labute approximate surface area is 156 Å². The van der Waals surface area contributed by atoms with Crippen LogP contribution in [0.3, 0.4) is 0 Å². The summed E-state index contributed by atoms with van der Waals surface area (Å²) < 4.78 is 0. The van der Waals surface area contributed by atoms with Gasteiger partial charge in [-0.25, -0.2) is 0 Å². The summed E-state index contributed by atoms with van der Waals surface area (Å²) in [5, 5.41) is 13.5. The molecule has 0 bridgehead atoms. The molecule has 4 heteroatoms. The summed E-state index contributed by atoms with van der Waals surface area (Å²) in [6.07, 6.45) is 7.16. The molecule has 0 unspecified atom stereocenters. The Morgan fingerprint density at radius 1 is 1.31 bits per heavy atom. The maximum atomic E-state index is 12.6. The molecule has 3 rings (SSSR count). The maximum absolute atomic E-state index is 12.6. The Morgan fingerprint density at radius 3 is 2.65 bits per heavy atom. The number of aliphatic hydroxyl groups is 1. The first-order chi connectivity index (χ1) is 12.1. The fourth-order valence-electron chi connectivity index (χ4n) is 5.68. The average Bonchev–Trinajstić information content (AvgIpc) is 2.61. The zero-order valence-corrected chi connectivity index (χ0v) is 16.4. The molecular formula is C22H31NO3. The minimum atomic E-state index is -0.558. The molecule has 0 spiro atoms. The highest BCUT2D eigenvalue weighted by Crippen LogP contribution is 2.63. The highest BCUT2D eigenvalue weighted by Gasteiger charge is 2.54. The number of allylic oxidation sites excluding steroid dienone is 3. The Hall–Kier alpha value is -1.84. The smallest absolute Gasteiger partial charge is 0.232 e. The lowest BCUT2D eigenvalue weighted by molar-refractivity contribution is -0.132. The van der Waals surface area contributed by atoms with Crippen LogP contribution in [0.1, 0.15) is 59.3 Å². The quantitative estimate of drug-likeness (QED) is 0.450. The number of carbonyl (C=O) groups excluding carboxylic acids is 2. The predicted molar refractivity (Wildman–Crippen MR) is 103 cm³/mol. The van der Waals surface area contributed by atoms with E-state index in [0.717, 1.165) is 32.1 Å². The number of hydrogen-bond donors (Lipinski definition) is 2. The van der Waals surface area contributed by atoms with Gasteiger partial charge in [0.25, 0.3) is 0 Å². The van der Waals surface area contributed by atoms with Gasteiger partial charge in [0.15, 0.2) is 0 Å². The first-order valence-corrected chi connectivity index (χ1v) is 9.74. The molecule has 2 saturated carbocycles. The van der Waals surface area contributed by atoms with Crippen LogP contribution in [0.25, 0.3) is 0 Å². The molecule has 0 aromatic rings. The van der Waals surface area contributed by atoms with Gasteiger partial charge in [-0.15, -0.1) is 0 Å². The van der Waals surface area contributed by atoms with Crippen LogP contribution in [-0.2, 0) is 9.59 Å². The number of Topliss-reactive ketones (excluding diaryl/α,β-unsaturated/α-hetero) is 1. The van der Waals surface area contributed by atoms with Crippen molar-refractivity contribution in [3.63, 3.8) is 0 Å². The van der Waals surface area contributed by atoms with E-state index in [1.807, 2.05) is 0 Å². The molecule has 0 amide bonds. The van der Waals surface area contributed by atoms with Crippen LogP contribution in [0.15, 0.2) is 35.3 Å². The molecule has 142 valence electrons. The summed E-state index contributed by atoms with van der Waals surface area (Å²) in [5.41, 5.74) is 1.88. The van der Waals surface area contributed by atoms with Crippen molar-refractivity contribution in [3.8, 4) is 0 Å². The van der Waals surface area contributed by atoms with Crippen molar-refractivity contribution in [2.45, 2.75) is 59.3 Å². The second-order valence-electron chi connectivity index (χ2n) is 8.92. The van der Waals surface area contributed by atoms with Crippen LogP contribution in [0, 0.1) is 22.7 Å². The molecule has 0 saturated heterocycles. The number of aliphatic hydroxyl groups excluding tert-OH is 1. The molecule has 2 N–H and O–H groups in total. The van der Waals surface area contributed by atoms with E-state index in [2.05, 4.69) is 32.7 Å². The van der Waals surface area contributed by atoms with Gasteiger partial charge in [0.1, 0.15) is 5.76 Å². The van der Waals surface area contributed by atoms with Crippen molar-refractivity contribution in [2.24, 2.45) is 22.7 Å². The normalized spacial score (nSPS) is 38.2. The fourth-order valence-corrected chi connectivity index (χ4v) is 5.68. The second-order valence-corrected chi connectivity index (χ2v) is 8.92. The lowest BCUT2D eigenvalue weighted by Gasteiger charge is -2.59. The lowest BCUT2D eigenvalue weighted by Crippen LogP contribution is -2.51. The number of carbonyl (C=O) groups is 2. The number of fused-ring (bicyclic) bond motifs is 1. The van der Waals surface area contributed by atoms with E-state index in [0.29, 0.717) is 24.0 Å². The van der Waals surface area contributed by atoms with E-state index >= 15 is 0 Å². The molecule has 4 nitrogen and oxygen atoms in total. The van der Waals surface area contributed by atoms with Crippen LogP contribution in [0.4, 0.5) is 0 Å². The summed E-state index contributed by atoms with van der Waals surface area (Å²) in [6.45, 7) is 11.2.